The smallest absolute Gasteiger partial charge is 0.0438 e. The Morgan fingerprint density at radius 1 is 1.44 bits per heavy atom. The van der Waals surface area contributed by atoms with Crippen LogP contribution in [0.5, 0.6) is 0 Å². The molecule has 88 valence electrons. The van der Waals surface area contributed by atoms with Crippen molar-refractivity contribution in [2.24, 2.45) is 5.92 Å². The molecule has 1 fully saturated rings. The molecule has 1 aromatic carbocycles. The third-order valence-electron chi connectivity index (χ3n) is 3.72. The zero-order valence-corrected chi connectivity index (χ0v) is 10.8. The maximum Gasteiger partial charge on any atom is 0.0438 e. The van der Waals surface area contributed by atoms with Crippen molar-refractivity contribution in [3.63, 3.8) is 0 Å². The van der Waals surface area contributed by atoms with Gasteiger partial charge in [0.1, 0.15) is 0 Å². The van der Waals surface area contributed by atoms with Crippen LogP contribution >= 0.6 is 11.6 Å². The predicted octanol–water partition coefficient (Wildman–Crippen LogP) is 3.93. The van der Waals surface area contributed by atoms with E-state index in [1.165, 1.54) is 24.8 Å². The van der Waals surface area contributed by atoms with Crippen molar-refractivity contribution in [2.45, 2.75) is 45.7 Å². The molecule has 0 heterocycles. The van der Waals surface area contributed by atoms with E-state index in [2.05, 4.69) is 30.4 Å². The number of aryl methyl sites for hydroxylation is 1. The van der Waals surface area contributed by atoms with E-state index >= 15 is 0 Å². The van der Waals surface area contributed by atoms with Gasteiger partial charge in [0.2, 0.25) is 0 Å². The van der Waals surface area contributed by atoms with Crippen LogP contribution in [0.15, 0.2) is 18.2 Å². The fourth-order valence-electron chi connectivity index (χ4n) is 2.13. The van der Waals surface area contributed by atoms with Gasteiger partial charge in [0.05, 0.1) is 0 Å². The Labute approximate surface area is 103 Å². The molecule has 1 nitrogen and oxygen atoms in total. The van der Waals surface area contributed by atoms with Crippen molar-refractivity contribution in [2.75, 3.05) is 0 Å². The third kappa shape index (κ3) is 2.78. The fraction of sp³-hybridized carbons (Fsp3) is 0.571. The number of hydrogen-bond donors (Lipinski definition) is 1. The molecule has 1 N–H and O–H groups in total. The van der Waals surface area contributed by atoms with Crippen molar-refractivity contribution in [3.8, 4) is 0 Å². The van der Waals surface area contributed by atoms with Gasteiger partial charge in [-0.15, -0.1) is 0 Å². The summed E-state index contributed by atoms with van der Waals surface area (Å²) in [6.07, 6.45) is 4.19. The van der Waals surface area contributed by atoms with Gasteiger partial charge in [-0.1, -0.05) is 30.2 Å². The average molecular weight is 238 g/mol. The maximum absolute atomic E-state index is 6.10. The molecule has 1 aliphatic carbocycles. The van der Waals surface area contributed by atoms with Crippen LogP contribution in [0.25, 0.3) is 0 Å². The summed E-state index contributed by atoms with van der Waals surface area (Å²) in [4.78, 5) is 0. The lowest BCUT2D eigenvalue weighted by Crippen LogP contribution is -2.36. The van der Waals surface area contributed by atoms with Crippen molar-refractivity contribution in [1.82, 2.24) is 5.32 Å². The molecule has 1 aromatic rings. The highest BCUT2D eigenvalue weighted by Crippen LogP contribution is 2.29. The largest absolute Gasteiger partial charge is 0.310 e. The molecule has 0 radical (unpaired) electrons. The molecule has 1 saturated carbocycles. The highest BCUT2D eigenvalue weighted by molar-refractivity contribution is 6.31. The van der Waals surface area contributed by atoms with E-state index in [-0.39, 0.29) is 0 Å². The van der Waals surface area contributed by atoms with Crippen LogP contribution in [-0.4, -0.2) is 6.04 Å². The number of rotatable bonds is 4. The Morgan fingerprint density at radius 2 is 2.19 bits per heavy atom. The van der Waals surface area contributed by atoms with E-state index in [9.17, 15) is 0 Å². The lowest BCUT2D eigenvalue weighted by molar-refractivity contribution is 0.240. The van der Waals surface area contributed by atoms with Gasteiger partial charge in [-0.3, -0.25) is 0 Å². The zero-order chi connectivity index (χ0) is 11.5. The summed E-state index contributed by atoms with van der Waals surface area (Å²) in [6, 6.07) is 6.95. The predicted molar refractivity (Wildman–Crippen MR) is 69.8 cm³/mol. The molecule has 1 aliphatic rings. The van der Waals surface area contributed by atoms with E-state index in [0.717, 1.165) is 23.0 Å². The van der Waals surface area contributed by atoms with Crippen LogP contribution in [0.2, 0.25) is 5.02 Å². The number of nitrogens with one attached hydrogen (secondary N) is 1. The van der Waals surface area contributed by atoms with Crippen molar-refractivity contribution in [3.05, 3.63) is 34.3 Å². The third-order valence-corrected chi connectivity index (χ3v) is 4.13. The number of halogens is 1. The monoisotopic (exact) mass is 237 g/mol. The van der Waals surface area contributed by atoms with Crippen LogP contribution in [0, 0.1) is 12.8 Å². The van der Waals surface area contributed by atoms with Crippen molar-refractivity contribution in [1.29, 1.82) is 0 Å². The molecule has 1 atom stereocenters. The van der Waals surface area contributed by atoms with E-state index in [1.807, 2.05) is 6.92 Å². The van der Waals surface area contributed by atoms with Gasteiger partial charge in [-0.25, -0.2) is 0 Å². The van der Waals surface area contributed by atoms with Crippen molar-refractivity contribution < 1.29 is 0 Å². The molecular weight excluding hydrogens is 218 g/mol. The topological polar surface area (TPSA) is 12.0 Å². The van der Waals surface area contributed by atoms with Gasteiger partial charge in [0.15, 0.2) is 0 Å². The van der Waals surface area contributed by atoms with Gasteiger partial charge >= 0.3 is 0 Å². The lowest BCUT2D eigenvalue weighted by atomic mass is 9.80. The number of benzene rings is 1. The first-order chi connectivity index (χ1) is 7.66. The normalized spacial score (nSPS) is 18.2. The Hall–Kier alpha value is -0.530. The highest BCUT2D eigenvalue weighted by atomic mass is 35.5. The molecule has 16 heavy (non-hydrogen) atoms. The Bertz CT molecular complexity index is 358. The van der Waals surface area contributed by atoms with Crippen LogP contribution in [0.1, 0.15) is 37.3 Å². The second-order valence-corrected chi connectivity index (χ2v) is 5.35. The fourth-order valence-corrected chi connectivity index (χ4v) is 2.33. The van der Waals surface area contributed by atoms with E-state index in [4.69, 9.17) is 11.6 Å². The minimum atomic E-state index is 0.633. The van der Waals surface area contributed by atoms with Gasteiger partial charge in [0, 0.05) is 17.6 Å². The molecule has 0 spiro atoms. The molecular formula is C14H20ClN. The van der Waals surface area contributed by atoms with Crippen molar-refractivity contribution >= 4 is 11.6 Å². The first kappa shape index (κ1) is 11.9. The second-order valence-electron chi connectivity index (χ2n) is 4.94. The molecule has 2 heteroatoms. The average Bonchev–Trinajstić information content (AvgIpc) is 2.17. The summed E-state index contributed by atoms with van der Waals surface area (Å²) in [7, 11) is 0. The summed E-state index contributed by atoms with van der Waals surface area (Å²) in [5.74, 6) is 0.890. The summed E-state index contributed by atoms with van der Waals surface area (Å²) in [6.45, 7) is 5.26. The summed E-state index contributed by atoms with van der Waals surface area (Å²) < 4.78 is 0. The molecule has 0 amide bonds. The minimum absolute atomic E-state index is 0.633. The maximum atomic E-state index is 6.10. The van der Waals surface area contributed by atoms with E-state index in [0.29, 0.717) is 6.04 Å². The Morgan fingerprint density at radius 3 is 2.75 bits per heavy atom. The SMILES string of the molecule is Cc1ccc(CNC(C)C2CCC2)cc1Cl. The van der Waals surface area contributed by atoms with Gasteiger partial charge in [-0.05, 0) is 49.8 Å². The van der Waals surface area contributed by atoms with Gasteiger partial charge < -0.3 is 5.32 Å². The molecule has 0 bridgehead atoms. The molecule has 0 aliphatic heterocycles. The summed E-state index contributed by atoms with van der Waals surface area (Å²) in [5, 5.41) is 4.46. The standard InChI is InChI=1S/C14H20ClN/c1-10-6-7-12(8-14(10)15)9-16-11(2)13-4-3-5-13/h6-8,11,13,16H,3-5,9H2,1-2H3. The number of hydrogen-bond acceptors (Lipinski definition) is 1. The van der Waals surface area contributed by atoms with E-state index in [1.54, 1.807) is 0 Å². The zero-order valence-electron chi connectivity index (χ0n) is 10.1. The van der Waals surface area contributed by atoms with Crippen LogP contribution < -0.4 is 5.32 Å². The second kappa shape index (κ2) is 5.20. The molecule has 0 aromatic heterocycles. The first-order valence-electron chi connectivity index (χ1n) is 6.15. The lowest BCUT2D eigenvalue weighted by Gasteiger charge is -2.32. The van der Waals surface area contributed by atoms with Gasteiger partial charge in [-0.2, -0.15) is 0 Å². The summed E-state index contributed by atoms with van der Waals surface area (Å²) >= 11 is 6.10. The van der Waals surface area contributed by atoms with Crippen LogP contribution in [0.4, 0.5) is 0 Å². The molecule has 2 rings (SSSR count). The highest BCUT2D eigenvalue weighted by Gasteiger charge is 2.23. The van der Waals surface area contributed by atoms with Crippen LogP contribution in [0.3, 0.4) is 0 Å². The van der Waals surface area contributed by atoms with Crippen LogP contribution in [-0.2, 0) is 6.54 Å². The molecule has 0 saturated heterocycles. The molecule has 1 unspecified atom stereocenters. The Kier molecular flexibility index (Phi) is 3.88. The summed E-state index contributed by atoms with van der Waals surface area (Å²) in [5.41, 5.74) is 2.43. The van der Waals surface area contributed by atoms with Gasteiger partial charge in [0.25, 0.3) is 0 Å². The Balaban J connectivity index is 1.86. The van der Waals surface area contributed by atoms with E-state index < -0.39 is 0 Å². The quantitative estimate of drug-likeness (QED) is 0.837. The minimum Gasteiger partial charge on any atom is -0.310 e. The first-order valence-corrected chi connectivity index (χ1v) is 6.53.